The Hall–Kier alpha value is -2.34. The fourth-order valence-electron chi connectivity index (χ4n) is 2.25. The van der Waals surface area contributed by atoms with E-state index in [-0.39, 0.29) is 18.6 Å². The molecule has 0 bridgehead atoms. The number of aromatic nitrogens is 1. The van der Waals surface area contributed by atoms with Gasteiger partial charge in [-0.15, -0.1) is 0 Å². The van der Waals surface area contributed by atoms with Crippen LogP contribution in [0.4, 0.5) is 5.69 Å². The summed E-state index contributed by atoms with van der Waals surface area (Å²) in [6.07, 6.45) is 0. The van der Waals surface area contributed by atoms with Gasteiger partial charge in [-0.2, -0.15) is 0 Å². The number of hydrogen-bond acceptors (Lipinski definition) is 5. The summed E-state index contributed by atoms with van der Waals surface area (Å²) in [5, 5.41) is 10.1. The Bertz CT molecular complexity index is 666. The van der Waals surface area contributed by atoms with E-state index in [4.69, 9.17) is 9.26 Å². The number of aryl methyl sites for hydroxylation is 1. The van der Waals surface area contributed by atoms with E-state index >= 15 is 0 Å². The van der Waals surface area contributed by atoms with Crippen molar-refractivity contribution in [1.29, 1.82) is 0 Å². The standard InChI is InChI=1S/C15H17N3O3/c1-9-5-12(18-21-9)7-16-10(2)11-3-4-14-13(6-11)17-15(19)8-20-14/h3-6,10,16H,7-8H2,1-2H3,(H,17,19). The predicted molar refractivity (Wildman–Crippen MR) is 77.1 cm³/mol. The summed E-state index contributed by atoms with van der Waals surface area (Å²) in [7, 11) is 0. The van der Waals surface area contributed by atoms with Gasteiger partial charge in [0.1, 0.15) is 11.5 Å². The minimum atomic E-state index is -0.127. The highest BCUT2D eigenvalue weighted by molar-refractivity contribution is 5.95. The Labute approximate surface area is 122 Å². The van der Waals surface area contributed by atoms with Crippen LogP contribution in [-0.2, 0) is 11.3 Å². The fraction of sp³-hybridized carbons (Fsp3) is 0.333. The largest absolute Gasteiger partial charge is 0.482 e. The number of carbonyl (C=O) groups excluding carboxylic acids is 1. The number of amides is 1. The molecule has 3 rings (SSSR count). The van der Waals surface area contributed by atoms with E-state index in [9.17, 15) is 4.79 Å². The second-order valence-electron chi connectivity index (χ2n) is 5.12. The van der Waals surface area contributed by atoms with Crippen molar-refractivity contribution in [2.24, 2.45) is 0 Å². The first kappa shape index (κ1) is 13.6. The molecule has 1 aromatic heterocycles. The number of benzene rings is 1. The van der Waals surface area contributed by atoms with Gasteiger partial charge < -0.3 is 19.9 Å². The third kappa shape index (κ3) is 3.05. The van der Waals surface area contributed by atoms with E-state index in [2.05, 4.69) is 22.7 Å². The molecule has 6 heteroatoms. The van der Waals surface area contributed by atoms with E-state index in [1.807, 2.05) is 31.2 Å². The Balaban J connectivity index is 1.68. The van der Waals surface area contributed by atoms with Crippen molar-refractivity contribution in [2.45, 2.75) is 26.4 Å². The van der Waals surface area contributed by atoms with Crippen LogP contribution in [0.3, 0.4) is 0 Å². The predicted octanol–water partition coefficient (Wildman–Crippen LogP) is 2.16. The molecule has 0 saturated heterocycles. The second-order valence-corrected chi connectivity index (χ2v) is 5.12. The maximum atomic E-state index is 11.3. The van der Waals surface area contributed by atoms with Gasteiger partial charge in [0.2, 0.25) is 0 Å². The van der Waals surface area contributed by atoms with Gasteiger partial charge in [-0.1, -0.05) is 11.2 Å². The van der Waals surface area contributed by atoms with Crippen LogP contribution in [-0.4, -0.2) is 17.7 Å². The molecule has 0 radical (unpaired) electrons. The van der Waals surface area contributed by atoms with Gasteiger partial charge in [0.05, 0.1) is 11.4 Å². The maximum absolute atomic E-state index is 11.3. The topological polar surface area (TPSA) is 76.4 Å². The lowest BCUT2D eigenvalue weighted by Gasteiger charge is -2.20. The number of anilines is 1. The van der Waals surface area contributed by atoms with Crippen molar-refractivity contribution in [2.75, 3.05) is 11.9 Å². The first-order valence-corrected chi connectivity index (χ1v) is 6.84. The number of fused-ring (bicyclic) bond motifs is 1. The second kappa shape index (κ2) is 5.57. The maximum Gasteiger partial charge on any atom is 0.262 e. The van der Waals surface area contributed by atoms with Gasteiger partial charge in [-0.25, -0.2) is 0 Å². The van der Waals surface area contributed by atoms with Gasteiger partial charge in [0, 0.05) is 18.7 Å². The molecule has 0 saturated carbocycles. The Morgan fingerprint density at radius 1 is 1.43 bits per heavy atom. The van der Waals surface area contributed by atoms with Crippen molar-refractivity contribution in [3.8, 4) is 5.75 Å². The molecule has 110 valence electrons. The van der Waals surface area contributed by atoms with Crippen LogP contribution in [0.15, 0.2) is 28.8 Å². The Kier molecular flexibility index (Phi) is 3.62. The molecular formula is C15H17N3O3. The number of nitrogens with one attached hydrogen (secondary N) is 2. The lowest BCUT2D eigenvalue weighted by molar-refractivity contribution is -0.118. The minimum absolute atomic E-state index is 0.0751. The van der Waals surface area contributed by atoms with Crippen LogP contribution in [0, 0.1) is 6.92 Å². The summed E-state index contributed by atoms with van der Waals surface area (Å²) >= 11 is 0. The number of rotatable bonds is 4. The average Bonchev–Trinajstić information content (AvgIpc) is 2.89. The molecule has 6 nitrogen and oxygen atoms in total. The van der Waals surface area contributed by atoms with Crippen molar-refractivity contribution in [1.82, 2.24) is 10.5 Å². The fourth-order valence-corrected chi connectivity index (χ4v) is 2.25. The first-order valence-electron chi connectivity index (χ1n) is 6.84. The van der Waals surface area contributed by atoms with Gasteiger partial charge >= 0.3 is 0 Å². The van der Waals surface area contributed by atoms with Crippen LogP contribution in [0.5, 0.6) is 5.75 Å². The van der Waals surface area contributed by atoms with Gasteiger partial charge in [0.25, 0.3) is 5.91 Å². The van der Waals surface area contributed by atoms with Crippen molar-refractivity contribution in [3.05, 3.63) is 41.3 Å². The zero-order valence-electron chi connectivity index (χ0n) is 12.0. The van der Waals surface area contributed by atoms with Gasteiger partial charge in [-0.05, 0) is 31.5 Å². The van der Waals surface area contributed by atoms with Crippen molar-refractivity contribution < 1.29 is 14.1 Å². The smallest absolute Gasteiger partial charge is 0.262 e. The quantitative estimate of drug-likeness (QED) is 0.901. The molecule has 2 aromatic rings. The van der Waals surface area contributed by atoms with E-state index in [0.29, 0.717) is 12.3 Å². The SMILES string of the molecule is Cc1cc(CNC(C)c2ccc3c(c2)NC(=O)CO3)no1. The molecule has 1 aromatic carbocycles. The van der Waals surface area contributed by atoms with Crippen molar-refractivity contribution >= 4 is 11.6 Å². The molecule has 2 heterocycles. The van der Waals surface area contributed by atoms with Crippen LogP contribution in [0.1, 0.15) is 30.0 Å². The summed E-state index contributed by atoms with van der Waals surface area (Å²) in [5.74, 6) is 1.38. The Morgan fingerprint density at radius 2 is 2.29 bits per heavy atom. The lowest BCUT2D eigenvalue weighted by atomic mass is 10.1. The molecule has 1 unspecified atom stereocenters. The van der Waals surface area contributed by atoms with E-state index in [1.165, 1.54) is 0 Å². The molecule has 1 aliphatic rings. The molecular weight excluding hydrogens is 270 g/mol. The summed E-state index contributed by atoms with van der Waals surface area (Å²) < 4.78 is 10.4. The summed E-state index contributed by atoms with van der Waals surface area (Å²) in [4.78, 5) is 11.3. The summed E-state index contributed by atoms with van der Waals surface area (Å²) in [5.41, 5.74) is 2.66. The third-order valence-corrected chi connectivity index (χ3v) is 3.40. The van der Waals surface area contributed by atoms with Gasteiger partial charge in [-0.3, -0.25) is 4.79 Å². The first-order chi connectivity index (χ1) is 10.1. The Morgan fingerprint density at radius 3 is 3.05 bits per heavy atom. The van der Waals surface area contributed by atoms with E-state index < -0.39 is 0 Å². The van der Waals surface area contributed by atoms with Crippen LogP contribution in [0.2, 0.25) is 0 Å². The van der Waals surface area contributed by atoms with Crippen LogP contribution < -0.4 is 15.4 Å². The summed E-state index contributed by atoms with van der Waals surface area (Å²) in [6, 6.07) is 7.81. The molecule has 0 spiro atoms. The molecule has 0 aliphatic carbocycles. The van der Waals surface area contributed by atoms with Crippen LogP contribution in [0.25, 0.3) is 0 Å². The molecule has 1 amide bonds. The average molecular weight is 287 g/mol. The normalized spacial score (nSPS) is 15.0. The van der Waals surface area contributed by atoms with Gasteiger partial charge in [0.15, 0.2) is 6.61 Å². The van der Waals surface area contributed by atoms with E-state index in [1.54, 1.807) is 0 Å². The molecule has 1 aliphatic heterocycles. The monoisotopic (exact) mass is 287 g/mol. The molecule has 0 fully saturated rings. The van der Waals surface area contributed by atoms with Crippen molar-refractivity contribution in [3.63, 3.8) is 0 Å². The zero-order chi connectivity index (χ0) is 14.8. The summed E-state index contributed by atoms with van der Waals surface area (Å²) in [6.45, 7) is 4.62. The number of nitrogens with zero attached hydrogens (tertiary/aromatic N) is 1. The molecule has 1 atom stereocenters. The molecule has 2 N–H and O–H groups in total. The number of carbonyl (C=O) groups is 1. The highest BCUT2D eigenvalue weighted by Crippen LogP contribution is 2.30. The van der Waals surface area contributed by atoms with E-state index in [0.717, 1.165) is 22.7 Å². The zero-order valence-corrected chi connectivity index (χ0v) is 12.0. The third-order valence-electron chi connectivity index (χ3n) is 3.40. The highest BCUT2D eigenvalue weighted by atomic mass is 16.5. The number of ether oxygens (including phenoxy) is 1. The minimum Gasteiger partial charge on any atom is -0.482 e. The highest BCUT2D eigenvalue weighted by Gasteiger charge is 2.17. The number of hydrogen-bond donors (Lipinski definition) is 2. The van der Waals surface area contributed by atoms with Crippen LogP contribution >= 0.6 is 0 Å². The molecule has 21 heavy (non-hydrogen) atoms. The lowest BCUT2D eigenvalue weighted by Crippen LogP contribution is -2.26.